The van der Waals surface area contributed by atoms with Crippen LogP contribution in [-0.2, 0) is 20.5 Å². The van der Waals surface area contributed by atoms with Gasteiger partial charge in [-0.2, -0.15) is 0 Å². The molecule has 34 heavy (non-hydrogen) atoms. The highest BCUT2D eigenvalue weighted by Crippen LogP contribution is 2.23. The molecule has 3 heterocycles. The number of aryl methyl sites for hydroxylation is 1. The SMILES string of the molecule is CC(C)Cc1ccc(C(=O)C2CCN(C(=O)c3ccc4c(=O)n(C)c(=O)n(C)c4n3)CC2)cc1. The zero-order chi connectivity index (χ0) is 24.6. The summed E-state index contributed by atoms with van der Waals surface area (Å²) < 4.78 is 2.29. The van der Waals surface area contributed by atoms with Gasteiger partial charge < -0.3 is 4.90 Å². The summed E-state index contributed by atoms with van der Waals surface area (Å²) in [4.78, 5) is 56.6. The van der Waals surface area contributed by atoms with Crippen LogP contribution in [-0.4, -0.2) is 43.8 Å². The van der Waals surface area contributed by atoms with E-state index >= 15 is 0 Å². The Labute approximate surface area is 197 Å². The number of fused-ring (bicyclic) bond motifs is 1. The van der Waals surface area contributed by atoms with E-state index in [1.54, 1.807) is 4.90 Å². The Morgan fingerprint density at radius 3 is 2.24 bits per heavy atom. The van der Waals surface area contributed by atoms with Crippen LogP contribution in [0.3, 0.4) is 0 Å². The smallest absolute Gasteiger partial charge is 0.332 e. The second kappa shape index (κ2) is 9.37. The lowest BCUT2D eigenvalue weighted by Gasteiger charge is -2.31. The van der Waals surface area contributed by atoms with Crippen LogP contribution in [0.5, 0.6) is 0 Å². The summed E-state index contributed by atoms with van der Waals surface area (Å²) in [5, 5.41) is 0.282. The number of aromatic nitrogens is 3. The van der Waals surface area contributed by atoms with Crippen molar-refractivity contribution in [1.82, 2.24) is 19.0 Å². The summed E-state index contributed by atoms with van der Waals surface area (Å²) >= 11 is 0. The zero-order valence-electron chi connectivity index (χ0n) is 20.1. The first-order chi connectivity index (χ1) is 16.2. The maximum Gasteiger partial charge on any atom is 0.332 e. The van der Waals surface area contributed by atoms with Gasteiger partial charge in [-0.15, -0.1) is 0 Å². The van der Waals surface area contributed by atoms with Crippen LogP contribution in [0.25, 0.3) is 11.0 Å². The number of pyridine rings is 1. The lowest BCUT2D eigenvalue weighted by molar-refractivity contribution is 0.0646. The van der Waals surface area contributed by atoms with Crippen LogP contribution in [0.2, 0.25) is 0 Å². The molecule has 8 nitrogen and oxygen atoms in total. The van der Waals surface area contributed by atoms with E-state index in [1.807, 2.05) is 24.3 Å². The molecule has 0 aliphatic carbocycles. The van der Waals surface area contributed by atoms with Gasteiger partial charge in [0, 0.05) is 38.7 Å². The highest BCUT2D eigenvalue weighted by molar-refractivity contribution is 5.98. The zero-order valence-corrected chi connectivity index (χ0v) is 20.1. The van der Waals surface area contributed by atoms with E-state index < -0.39 is 11.2 Å². The number of rotatable bonds is 5. The first-order valence-electron chi connectivity index (χ1n) is 11.7. The van der Waals surface area contributed by atoms with Crippen LogP contribution in [0.15, 0.2) is 46.0 Å². The predicted molar refractivity (Wildman–Crippen MR) is 130 cm³/mol. The number of hydrogen-bond donors (Lipinski definition) is 0. The fraction of sp³-hybridized carbons (Fsp3) is 0.423. The fourth-order valence-electron chi connectivity index (χ4n) is 4.59. The molecule has 0 radical (unpaired) electrons. The fourth-order valence-corrected chi connectivity index (χ4v) is 4.59. The minimum atomic E-state index is -0.494. The Balaban J connectivity index is 1.45. The van der Waals surface area contributed by atoms with Crippen LogP contribution in [0, 0.1) is 11.8 Å². The van der Waals surface area contributed by atoms with Crippen molar-refractivity contribution < 1.29 is 9.59 Å². The van der Waals surface area contributed by atoms with E-state index in [4.69, 9.17) is 0 Å². The Hall–Kier alpha value is -3.55. The van der Waals surface area contributed by atoms with Gasteiger partial charge in [0.25, 0.3) is 11.5 Å². The molecule has 0 unspecified atom stereocenters. The van der Waals surface area contributed by atoms with Gasteiger partial charge in [-0.05, 0) is 42.9 Å². The number of carbonyl (C=O) groups excluding carboxylic acids is 2. The average Bonchev–Trinajstić information content (AvgIpc) is 2.85. The van der Waals surface area contributed by atoms with Gasteiger partial charge >= 0.3 is 5.69 Å². The van der Waals surface area contributed by atoms with E-state index in [2.05, 4.69) is 18.8 Å². The largest absolute Gasteiger partial charge is 0.337 e. The number of piperidine rings is 1. The lowest BCUT2D eigenvalue weighted by Crippen LogP contribution is -2.41. The quantitative estimate of drug-likeness (QED) is 0.543. The third-order valence-corrected chi connectivity index (χ3v) is 6.56. The molecule has 0 saturated carbocycles. The number of hydrogen-bond acceptors (Lipinski definition) is 5. The molecule has 0 spiro atoms. The first kappa shape index (κ1) is 23.6. The van der Waals surface area contributed by atoms with Crippen molar-refractivity contribution in [1.29, 1.82) is 0 Å². The maximum atomic E-state index is 13.1. The van der Waals surface area contributed by atoms with Gasteiger partial charge in [-0.1, -0.05) is 38.1 Å². The molecule has 0 bridgehead atoms. The van der Waals surface area contributed by atoms with Gasteiger partial charge in [0.15, 0.2) is 5.78 Å². The second-order valence-electron chi connectivity index (χ2n) is 9.50. The van der Waals surface area contributed by atoms with Gasteiger partial charge in [-0.25, -0.2) is 9.78 Å². The summed E-state index contributed by atoms with van der Waals surface area (Å²) in [5.41, 5.74) is 1.37. The Morgan fingerprint density at radius 1 is 0.971 bits per heavy atom. The van der Waals surface area contributed by atoms with Crippen molar-refractivity contribution in [2.45, 2.75) is 33.1 Å². The van der Waals surface area contributed by atoms with E-state index in [1.165, 1.54) is 36.4 Å². The van der Waals surface area contributed by atoms with Crippen molar-refractivity contribution in [2.75, 3.05) is 13.1 Å². The number of nitrogens with zero attached hydrogens (tertiary/aromatic N) is 4. The molecule has 2 aromatic heterocycles. The van der Waals surface area contributed by atoms with Gasteiger partial charge in [0.2, 0.25) is 0 Å². The summed E-state index contributed by atoms with van der Waals surface area (Å²) in [7, 11) is 2.94. The highest BCUT2D eigenvalue weighted by atomic mass is 16.2. The average molecular weight is 463 g/mol. The standard InChI is InChI=1S/C26H30N4O4/c1-16(2)15-17-5-7-18(8-6-17)22(31)19-11-13-30(14-12-19)25(33)21-10-9-20-23(27-21)28(3)26(34)29(4)24(20)32/h5-10,16,19H,11-15H2,1-4H3. The Bertz CT molecular complexity index is 1360. The Morgan fingerprint density at radius 2 is 1.62 bits per heavy atom. The van der Waals surface area contributed by atoms with Crippen molar-refractivity contribution in [3.63, 3.8) is 0 Å². The minimum Gasteiger partial charge on any atom is -0.337 e. The molecule has 3 aromatic rings. The third-order valence-electron chi connectivity index (χ3n) is 6.56. The molecule has 0 atom stereocenters. The van der Waals surface area contributed by atoms with E-state index in [-0.39, 0.29) is 34.3 Å². The molecular formula is C26H30N4O4. The molecule has 178 valence electrons. The van der Waals surface area contributed by atoms with E-state index in [0.29, 0.717) is 31.8 Å². The van der Waals surface area contributed by atoms with E-state index in [0.717, 1.165) is 16.6 Å². The number of Topliss-reactive ketones (excluding diaryl/α,β-unsaturated/α-hetero) is 1. The molecular weight excluding hydrogens is 432 g/mol. The molecule has 4 rings (SSSR count). The molecule has 8 heteroatoms. The summed E-state index contributed by atoms with van der Waals surface area (Å²) in [6.07, 6.45) is 2.16. The van der Waals surface area contributed by atoms with E-state index in [9.17, 15) is 19.2 Å². The van der Waals surface area contributed by atoms with Crippen LogP contribution >= 0.6 is 0 Å². The lowest BCUT2D eigenvalue weighted by atomic mass is 9.88. The number of ketones is 1. The Kier molecular flexibility index (Phi) is 6.50. The normalized spacial score (nSPS) is 14.7. The van der Waals surface area contributed by atoms with Crippen LogP contribution < -0.4 is 11.2 Å². The summed E-state index contributed by atoms with van der Waals surface area (Å²) in [6.45, 7) is 5.25. The summed E-state index contributed by atoms with van der Waals surface area (Å²) in [6, 6.07) is 10.9. The maximum absolute atomic E-state index is 13.1. The minimum absolute atomic E-state index is 0.117. The second-order valence-corrected chi connectivity index (χ2v) is 9.50. The third kappa shape index (κ3) is 4.44. The monoisotopic (exact) mass is 462 g/mol. The molecule has 1 aliphatic rings. The molecule has 1 aromatic carbocycles. The summed E-state index contributed by atoms with van der Waals surface area (Å²) in [5.74, 6) is 0.306. The predicted octanol–water partition coefficient (Wildman–Crippen LogP) is 2.57. The van der Waals surface area contributed by atoms with Crippen LogP contribution in [0.1, 0.15) is 53.1 Å². The molecule has 1 amide bonds. The molecule has 1 aliphatic heterocycles. The number of likely N-dealkylation sites (tertiary alicyclic amines) is 1. The molecule has 1 saturated heterocycles. The molecule has 1 fully saturated rings. The number of carbonyl (C=O) groups is 2. The molecule has 0 N–H and O–H groups in total. The van der Waals surface area contributed by atoms with Gasteiger partial charge in [0.05, 0.1) is 5.39 Å². The number of amides is 1. The van der Waals surface area contributed by atoms with Gasteiger partial charge in [-0.3, -0.25) is 23.5 Å². The topological polar surface area (TPSA) is 94.3 Å². The first-order valence-corrected chi connectivity index (χ1v) is 11.7. The number of benzene rings is 1. The van der Waals surface area contributed by atoms with Crippen molar-refractivity contribution in [3.05, 3.63) is 74.1 Å². The highest BCUT2D eigenvalue weighted by Gasteiger charge is 2.29. The van der Waals surface area contributed by atoms with Gasteiger partial charge in [0.1, 0.15) is 11.3 Å². The van der Waals surface area contributed by atoms with Crippen LogP contribution in [0.4, 0.5) is 0 Å². The van der Waals surface area contributed by atoms with Crippen molar-refractivity contribution >= 4 is 22.7 Å². The van der Waals surface area contributed by atoms with Crippen molar-refractivity contribution in [2.24, 2.45) is 25.9 Å². The van der Waals surface area contributed by atoms with Crippen molar-refractivity contribution in [3.8, 4) is 0 Å².